The van der Waals surface area contributed by atoms with E-state index in [4.69, 9.17) is 16.9 Å². The molecule has 0 fully saturated rings. The van der Waals surface area contributed by atoms with Crippen molar-refractivity contribution < 1.29 is 0 Å². The summed E-state index contributed by atoms with van der Waals surface area (Å²) < 4.78 is 0. The Morgan fingerprint density at radius 2 is 2.56 bits per heavy atom. The van der Waals surface area contributed by atoms with Gasteiger partial charge in [0.15, 0.2) is 0 Å². The van der Waals surface area contributed by atoms with E-state index in [2.05, 4.69) is 10.3 Å². The molecular weight excluding hydrogens is 138 g/mol. The van der Waals surface area contributed by atoms with Gasteiger partial charge in [-0.15, -0.1) is 0 Å². The van der Waals surface area contributed by atoms with Crippen LogP contribution in [0.5, 0.6) is 0 Å². The molecule has 0 aliphatic carbocycles. The largest absolute Gasteiger partial charge is 0.343 e. The summed E-state index contributed by atoms with van der Waals surface area (Å²) in [7, 11) is 0. The van der Waals surface area contributed by atoms with Crippen LogP contribution in [-0.4, -0.2) is 11.3 Å². The smallest absolute Gasteiger partial charge is 0.295 e. The van der Waals surface area contributed by atoms with E-state index < -0.39 is 5.12 Å². The molecule has 0 radical (unpaired) electrons. The monoisotopic (exact) mass is 141 g/mol. The Hall–Kier alpha value is -1.01. The number of hydrogen-bond donors (Lipinski definition) is 1. The molecule has 1 aliphatic rings. The zero-order chi connectivity index (χ0) is 6.74. The van der Waals surface area contributed by atoms with Gasteiger partial charge in [-0.05, 0) is 6.08 Å². The van der Waals surface area contributed by atoms with Crippen molar-refractivity contribution in [3.8, 4) is 6.07 Å². The topological polar surface area (TPSA) is 48.2 Å². The summed E-state index contributed by atoms with van der Waals surface area (Å²) in [6.45, 7) is 0. The molecule has 1 unspecified atom stereocenters. The second-order valence-electron chi connectivity index (χ2n) is 1.52. The lowest BCUT2D eigenvalue weighted by Gasteiger charge is -2.15. The molecule has 1 rings (SSSR count). The number of allylic oxidation sites excluding steroid dienone is 1. The number of nitrogens with zero attached hydrogens (tertiary/aromatic N) is 2. The first-order chi connectivity index (χ1) is 4.27. The number of aliphatic imine (C=N–C) groups is 1. The van der Waals surface area contributed by atoms with E-state index in [1.807, 2.05) is 0 Å². The van der Waals surface area contributed by atoms with Crippen LogP contribution >= 0.6 is 11.6 Å². The zero-order valence-electron chi connectivity index (χ0n) is 4.50. The molecule has 3 nitrogen and oxygen atoms in total. The first kappa shape index (κ1) is 6.12. The van der Waals surface area contributed by atoms with Crippen LogP contribution in [0.25, 0.3) is 0 Å². The Morgan fingerprint density at radius 1 is 1.78 bits per heavy atom. The molecule has 0 aromatic heterocycles. The summed E-state index contributed by atoms with van der Waals surface area (Å²) in [4.78, 5) is 3.66. The van der Waals surface area contributed by atoms with Gasteiger partial charge in [-0.2, -0.15) is 5.26 Å². The molecule has 0 aromatic rings. The lowest BCUT2D eigenvalue weighted by molar-refractivity contribution is 0.673. The predicted octanol–water partition coefficient (Wildman–Crippen LogP) is 0.590. The highest BCUT2D eigenvalue weighted by atomic mass is 35.5. The van der Waals surface area contributed by atoms with Crippen molar-refractivity contribution >= 4 is 17.8 Å². The molecule has 0 bridgehead atoms. The van der Waals surface area contributed by atoms with Gasteiger partial charge in [0.2, 0.25) is 0 Å². The third-order valence-electron chi connectivity index (χ3n) is 0.857. The van der Waals surface area contributed by atoms with Gasteiger partial charge in [-0.25, -0.2) is 4.99 Å². The quantitative estimate of drug-likeness (QED) is 0.397. The summed E-state index contributed by atoms with van der Waals surface area (Å²) in [5.74, 6) is 0. The van der Waals surface area contributed by atoms with Crippen molar-refractivity contribution in [1.29, 1.82) is 5.26 Å². The van der Waals surface area contributed by atoms with E-state index in [-0.39, 0.29) is 0 Å². The first-order valence-electron chi connectivity index (χ1n) is 2.35. The minimum Gasteiger partial charge on any atom is -0.343 e. The molecule has 9 heavy (non-hydrogen) atoms. The average molecular weight is 142 g/mol. The molecule has 0 aromatic carbocycles. The van der Waals surface area contributed by atoms with Crippen LogP contribution in [0, 0.1) is 11.3 Å². The van der Waals surface area contributed by atoms with Gasteiger partial charge in [0.05, 0.1) is 0 Å². The second kappa shape index (κ2) is 2.08. The van der Waals surface area contributed by atoms with Gasteiger partial charge in [0.25, 0.3) is 5.12 Å². The van der Waals surface area contributed by atoms with Crippen molar-refractivity contribution in [2.24, 2.45) is 4.99 Å². The number of nitrogens with one attached hydrogen (secondary N) is 1. The molecular formula is C5H4ClN3. The minimum absolute atomic E-state index is 1.27. The van der Waals surface area contributed by atoms with Crippen molar-refractivity contribution in [1.82, 2.24) is 5.32 Å². The van der Waals surface area contributed by atoms with Crippen molar-refractivity contribution in [2.45, 2.75) is 5.12 Å². The molecule has 1 aliphatic heterocycles. The number of halogens is 1. The van der Waals surface area contributed by atoms with Gasteiger partial charge < -0.3 is 5.32 Å². The van der Waals surface area contributed by atoms with Crippen LogP contribution in [0.2, 0.25) is 0 Å². The average Bonchev–Trinajstić information content (AvgIpc) is 1.90. The Labute approximate surface area is 57.6 Å². The zero-order valence-corrected chi connectivity index (χ0v) is 5.26. The van der Waals surface area contributed by atoms with Crippen LogP contribution in [0.15, 0.2) is 17.3 Å². The van der Waals surface area contributed by atoms with E-state index in [0.29, 0.717) is 0 Å². The van der Waals surface area contributed by atoms with E-state index in [1.54, 1.807) is 18.3 Å². The normalized spacial score (nSPS) is 31.1. The summed E-state index contributed by atoms with van der Waals surface area (Å²) in [6, 6.07) is 1.79. The van der Waals surface area contributed by atoms with Gasteiger partial charge >= 0.3 is 0 Å². The van der Waals surface area contributed by atoms with E-state index in [1.165, 1.54) is 6.21 Å². The Morgan fingerprint density at radius 3 is 2.89 bits per heavy atom. The number of nitriles is 1. The summed E-state index contributed by atoms with van der Waals surface area (Å²) >= 11 is 5.54. The molecule has 46 valence electrons. The molecule has 0 saturated heterocycles. The predicted molar refractivity (Wildman–Crippen MR) is 35.0 cm³/mol. The molecule has 1 N–H and O–H groups in total. The van der Waals surface area contributed by atoms with Crippen LogP contribution in [0.3, 0.4) is 0 Å². The maximum Gasteiger partial charge on any atom is 0.295 e. The van der Waals surface area contributed by atoms with Crippen LogP contribution in [0.4, 0.5) is 0 Å². The first-order valence-corrected chi connectivity index (χ1v) is 2.73. The van der Waals surface area contributed by atoms with E-state index in [9.17, 15) is 0 Å². The van der Waals surface area contributed by atoms with Crippen LogP contribution in [0.1, 0.15) is 0 Å². The number of alkyl halides is 1. The standard InChI is InChI=1S/C5H4ClN3/c6-5(4-7)8-2-1-3-9-5/h1-3,8H. The van der Waals surface area contributed by atoms with Crippen LogP contribution < -0.4 is 5.32 Å². The Kier molecular flexibility index (Phi) is 1.41. The fourth-order valence-corrected chi connectivity index (χ4v) is 0.565. The maximum absolute atomic E-state index is 8.36. The Bertz CT molecular complexity index is 203. The Balaban J connectivity index is 2.77. The lowest BCUT2D eigenvalue weighted by Crippen LogP contribution is -2.33. The molecule has 0 saturated carbocycles. The highest BCUT2D eigenvalue weighted by Crippen LogP contribution is 2.12. The SMILES string of the molecule is N#CC1(Cl)N=CC=CN1. The molecule has 4 heteroatoms. The molecule has 1 heterocycles. The fourth-order valence-electron chi connectivity index (χ4n) is 0.446. The second-order valence-corrected chi connectivity index (χ2v) is 2.06. The minimum atomic E-state index is -1.27. The third kappa shape index (κ3) is 1.21. The number of rotatable bonds is 0. The van der Waals surface area contributed by atoms with Gasteiger partial charge in [-0.3, -0.25) is 0 Å². The molecule has 0 spiro atoms. The molecule has 0 amide bonds. The van der Waals surface area contributed by atoms with Crippen molar-refractivity contribution in [3.63, 3.8) is 0 Å². The summed E-state index contributed by atoms with van der Waals surface area (Å²) in [5, 5.41) is 9.66. The highest BCUT2D eigenvalue weighted by Gasteiger charge is 2.23. The van der Waals surface area contributed by atoms with Gasteiger partial charge in [0, 0.05) is 12.4 Å². The van der Waals surface area contributed by atoms with Crippen molar-refractivity contribution in [2.75, 3.05) is 0 Å². The number of hydrogen-bond acceptors (Lipinski definition) is 3. The van der Waals surface area contributed by atoms with Gasteiger partial charge in [0.1, 0.15) is 6.07 Å². The lowest BCUT2D eigenvalue weighted by atomic mass is 10.5. The van der Waals surface area contributed by atoms with Gasteiger partial charge in [-0.1, -0.05) is 11.6 Å². The summed E-state index contributed by atoms with van der Waals surface area (Å²) in [6.07, 6.45) is 4.72. The maximum atomic E-state index is 8.36. The molecule has 1 atom stereocenters. The van der Waals surface area contributed by atoms with E-state index in [0.717, 1.165) is 0 Å². The van der Waals surface area contributed by atoms with E-state index >= 15 is 0 Å². The fraction of sp³-hybridized carbons (Fsp3) is 0.200. The third-order valence-corrected chi connectivity index (χ3v) is 1.15. The highest BCUT2D eigenvalue weighted by molar-refractivity contribution is 6.26. The summed E-state index contributed by atoms with van der Waals surface area (Å²) in [5.41, 5.74) is 0. The van der Waals surface area contributed by atoms with Crippen LogP contribution in [-0.2, 0) is 0 Å². The van der Waals surface area contributed by atoms with Crippen molar-refractivity contribution in [3.05, 3.63) is 12.3 Å².